The Morgan fingerprint density at radius 3 is 2.67 bits per heavy atom. The number of piperidine rings is 1. The van der Waals surface area contributed by atoms with Crippen molar-refractivity contribution in [3.8, 4) is 0 Å². The van der Waals surface area contributed by atoms with Gasteiger partial charge in [-0.2, -0.15) is 4.98 Å². The lowest BCUT2D eigenvalue weighted by atomic mass is 10.0. The Kier molecular flexibility index (Phi) is 5.63. The molecule has 0 unspecified atom stereocenters. The molecular formula is C17H23BrN6. The topological polar surface area (TPSA) is 57.2 Å². The molecule has 2 aromatic rings. The van der Waals surface area contributed by atoms with E-state index in [9.17, 15) is 0 Å². The summed E-state index contributed by atoms with van der Waals surface area (Å²) in [6.07, 6.45) is 5.88. The van der Waals surface area contributed by atoms with Crippen LogP contribution in [0.1, 0.15) is 18.5 Å². The van der Waals surface area contributed by atoms with Crippen LogP contribution in [0.25, 0.3) is 0 Å². The Labute approximate surface area is 151 Å². The van der Waals surface area contributed by atoms with Gasteiger partial charge in [-0.15, -0.1) is 0 Å². The number of hydrogen-bond donors (Lipinski definition) is 1. The van der Waals surface area contributed by atoms with Crippen molar-refractivity contribution in [2.75, 3.05) is 37.4 Å². The molecule has 0 amide bonds. The second kappa shape index (κ2) is 7.90. The summed E-state index contributed by atoms with van der Waals surface area (Å²) in [6, 6.07) is 6.53. The summed E-state index contributed by atoms with van der Waals surface area (Å²) in [5, 5.41) is 3.54. The van der Waals surface area contributed by atoms with Gasteiger partial charge in [-0.05, 0) is 47.0 Å². The van der Waals surface area contributed by atoms with E-state index in [1.54, 1.807) is 6.20 Å². The van der Waals surface area contributed by atoms with E-state index in [0.29, 0.717) is 6.04 Å². The molecule has 1 fully saturated rings. The summed E-state index contributed by atoms with van der Waals surface area (Å²) in [5.74, 6) is 1.64. The number of anilines is 2. The summed E-state index contributed by atoms with van der Waals surface area (Å²) in [6.45, 7) is 3.06. The fourth-order valence-electron chi connectivity index (χ4n) is 2.82. The summed E-state index contributed by atoms with van der Waals surface area (Å²) >= 11 is 3.43. The van der Waals surface area contributed by atoms with Gasteiger partial charge in [0.15, 0.2) is 0 Å². The minimum Gasteiger partial charge on any atom is -0.367 e. The van der Waals surface area contributed by atoms with Crippen molar-refractivity contribution in [1.82, 2.24) is 19.9 Å². The molecule has 0 bridgehead atoms. The molecule has 1 saturated heterocycles. The van der Waals surface area contributed by atoms with Crippen LogP contribution in [0.4, 0.5) is 11.8 Å². The van der Waals surface area contributed by atoms with Gasteiger partial charge < -0.3 is 10.2 Å². The van der Waals surface area contributed by atoms with Gasteiger partial charge in [-0.1, -0.05) is 0 Å². The first-order chi connectivity index (χ1) is 11.6. The quantitative estimate of drug-likeness (QED) is 0.846. The molecule has 6 nitrogen and oxygen atoms in total. The number of pyridine rings is 1. The predicted octanol–water partition coefficient (Wildman–Crippen LogP) is 2.78. The molecule has 0 atom stereocenters. The summed E-state index contributed by atoms with van der Waals surface area (Å²) in [4.78, 5) is 17.6. The normalized spacial score (nSPS) is 16.1. The van der Waals surface area contributed by atoms with Crippen LogP contribution in [-0.2, 0) is 6.54 Å². The van der Waals surface area contributed by atoms with E-state index in [-0.39, 0.29) is 0 Å². The van der Waals surface area contributed by atoms with E-state index in [1.165, 1.54) is 0 Å². The Hall–Kier alpha value is -1.73. The van der Waals surface area contributed by atoms with Crippen LogP contribution in [0.5, 0.6) is 0 Å². The lowest BCUT2D eigenvalue weighted by molar-refractivity contribution is 0.209. The molecule has 24 heavy (non-hydrogen) atoms. The first-order valence-electron chi connectivity index (χ1n) is 8.20. The van der Waals surface area contributed by atoms with Gasteiger partial charge in [0.2, 0.25) is 5.95 Å². The van der Waals surface area contributed by atoms with E-state index in [1.807, 2.05) is 37.3 Å². The Bertz CT molecular complexity index is 652. The third-order valence-corrected chi connectivity index (χ3v) is 4.63. The molecule has 1 aliphatic heterocycles. The van der Waals surface area contributed by atoms with Crippen LogP contribution in [0, 0.1) is 0 Å². The van der Waals surface area contributed by atoms with Crippen molar-refractivity contribution >= 4 is 27.7 Å². The van der Waals surface area contributed by atoms with E-state index in [0.717, 1.165) is 54.4 Å². The largest absolute Gasteiger partial charge is 0.367 e. The average molecular weight is 391 g/mol. The molecule has 0 aromatic carbocycles. The minimum atomic E-state index is 0.462. The highest BCUT2D eigenvalue weighted by Crippen LogP contribution is 2.18. The number of hydrogen-bond acceptors (Lipinski definition) is 6. The lowest BCUT2D eigenvalue weighted by Crippen LogP contribution is -2.39. The van der Waals surface area contributed by atoms with Crippen LogP contribution in [0.2, 0.25) is 0 Å². The standard InChI is InChI=1S/C17H23BrN6/c1-23(2)17-19-8-5-16(22-17)21-14-6-9-24(10-7-14)12-15-4-3-13(18)11-20-15/h3-5,8,11,14H,6-7,9-10,12H2,1-2H3,(H,19,21,22). The van der Waals surface area contributed by atoms with Gasteiger partial charge in [0, 0.05) is 56.6 Å². The van der Waals surface area contributed by atoms with E-state index in [2.05, 4.69) is 47.2 Å². The third-order valence-electron chi connectivity index (χ3n) is 4.16. The maximum absolute atomic E-state index is 4.54. The highest BCUT2D eigenvalue weighted by atomic mass is 79.9. The van der Waals surface area contributed by atoms with Gasteiger partial charge >= 0.3 is 0 Å². The zero-order valence-electron chi connectivity index (χ0n) is 14.1. The molecule has 3 rings (SSSR count). The summed E-state index contributed by atoms with van der Waals surface area (Å²) in [7, 11) is 3.90. The molecule has 0 spiro atoms. The number of aromatic nitrogens is 3. The molecule has 7 heteroatoms. The fourth-order valence-corrected chi connectivity index (χ4v) is 3.05. The molecule has 1 N–H and O–H groups in total. The average Bonchev–Trinajstić information content (AvgIpc) is 2.59. The van der Waals surface area contributed by atoms with Crippen molar-refractivity contribution in [2.45, 2.75) is 25.4 Å². The van der Waals surface area contributed by atoms with E-state index < -0.39 is 0 Å². The molecule has 1 aliphatic rings. The van der Waals surface area contributed by atoms with Crippen LogP contribution in [-0.4, -0.2) is 53.1 Å². The van der Waals surface area contributed by atoms with Crippen LogP contribution in [0.15, 0.2) is 35.1 Å². The predicted molar refractivity (Wildman–Crippen MR) is 100 cm³/mol. The van der Waals surface area contributed by atoms with Gasteiger partial charge in [0.1, 0.15) is 5.82 Å². The molecule has 0 radical (unpaired) electrons. The smallest absolute Gasteiger partial charge is 0.226 e. The molecule has 0 saturated carbocycles. The number of nitrogens with zero attached hydrogens (tertiary/aromatic N) is 5. The first kappa shape index (κ1) is 17.1. The molecular weight excluding hydrogens is 368 g/mol. The van der Waals surface area contributed by atoms with Gasteiger partial charge in [0.05, 0.1) is 5.69 Å². The maximum atomic E-state index is 4.54. The van der Waals surface area contributed by atoms with Crippen LogP contribution in [0.3, 0.4) is 0 Å². The SMILES string of the molecule is CN(C)c1nccc(NC2CCN(Cc3ccc(Br)cn3)CC2)n1. The van der Waals surface area contributed by atoms with Gasteiger partial charge in [0.25, 0.3) is 0 Å². The van der Waals surface area contributed by atoms with Crippen molar-refractivity contribution in [3.05, 3.63) is 40.8 Å². The minimum absolute atomic E-state index is 0.462. The Morgan fingerprint density at radius 1 is 1.21 bits per heavy atom. The van der Waals surface area contributed by atoms with Crippen molar-refractivity contribution in [2.24, 2.45) is 0 Å². The van der Waals surface area contributed by atoms with Gasteiger partial charge in [-0.25, -0.2) is 4.98 Å². The summed E-state index contributed by atoms with van der Waals surface area (Å²) in [5.41, 5.74) is 1.12. The molecule has 3 heterocycles. The molecule has 0 aliphatic carbocycles. The maximum Gasteiger partial charge on any atom is 0.226 e. The highest BCUT2D eigenvalue weighted by molar-refractivity contribution is 9.10. The number of halogens is 1. The van der Waals surface area contributed by atoms with Crippen molar-refractivity contribution in [3.63, 3.8) is 0 Å². The number of likely N-dealkylation sites (tertiary alicyclic amines) is 1. The fraction of sp³-hybridized carbons (Fsp3) is 0.471. The highest BCUT2D eigenvalue weighted by Gasteiger charge is 2.20. The van der Waals surface area contributed by atoms with E-state index >= 15 is 0 Å². The monoisotopic (exact) mass is 390 g/mol. The van der Waals surface area contributed by atoms with Crippen molar-refractivity contribution in [1.29, 1.82) is 0 Å². The van der Waals surface area contributed by atoms with Gasteiger partial charge in [-0.3, -0.25) is 9.88 Å². The van der Waals surface area contributed by atoms with E-state index in [4.69, 9.17) is 0 Å². The zero-order chi connectivity index (χ0) is 16.9. The Balaban J connectivity index is 1.50. The zero-order valence-corrected chi connectivity index (χ0v) is 15.7. The lowest BCUT2D eigenvalue weighted by Gasteiger charge is -2.32. The third kappa shape index (κ3) is 4.64. The molecule has 2 aromatic heterocycles. The van der Waals surface area contributed by atoms with Crippen LogP contribution < -0.4 is 10.2 Å². The Morgan fingerprint density at radius 2 is 2.00 bits per heavy atom. The summed E-state index contributed by atoms with van der Waals surface area (Å²) < 4.78 is 1.02. The second-order valence-electron chi connectivity index (χ2n) is 6.30. The first-order valence-corrected chi connectivity index (χ1v) is 8.99. The molecule has 128 valence electrons. The van der Waals surface area contributed by atoms with Crippen LogP contribution >= 0.6 is 15.9 Å². The number of nitrogens with one attached hydrogen (secondary N) is 1. The number of rotatable bonds is 5. The second-order valence-corrected chi connectivity index (χ2v) is 7.21. The van der Waals surface area contributed by atoms with Crippen molar-refractivity contribution < 1.29 is 0 Å².